The van der Waals surface area contributed by atoms with Gasteiger partial charge in [-0.2, -0.15) is 0 Å². The molecule has 5 unspecified atom stereocenters. The predicted octanol–water partition coefficient (Wildman–Crippen LogP) is 1.88. The quantitative estimate of drug-likeness (QED) is 0.776. The van der Waals surface area contributed by atoms with Gasteiger partial charge in [0.25, 0.3) is 0 Å². The van der Waals surface area contributed by atoms with Gasteiger partial charge in [-0.25, -0.2) is 0 Å². The minimum Gasteiger partial charge on any atom is -0.388 e. The topological polar surface area (TPSA) is 101 Å². The lowest BCUT2D eigenvalue weighted by atomic mass is 10.0. The standard InChI is InChI=1S/C21H32N2O7/c1-19(2)25-10-14(24)15(27-19)7-12-8-23-13(9-22-12)17-18(30-21(5,6)29-17)16-11-26-20(3,4)28-16/h8-9,14-18,24H,7,10-11H2,1-6H3. The van der Waals surface area contributed by atoms with Crippen LogP contribution in [0.2, 0.25) is 0 Å². The fourth-order valence-electron chi connectivity index (χ4n) is 4.04. The summed E-state index contributed by atoms with van der Waals surface area (Å²) in [5.74, 6) is -2.15. The van der Waals surface area contributed by atoms with Gasteiger partial charge in [0.1, 0.15) is 24.4 Å². The highest BCUT2D eigenvalue weighted by Gasteiger charge is 2.50. The lowest BCUT2D eigenvalue weighted by molar-refractivity contribution is -0.303. The lowest BCUT2D eigenvalue weighted by Gasteiger charge is -2.38. The second kappa shape index (κ2) is 7.74. The number of rotatable bonds is 4. The van der Waals surface area contributed by atoms with Gasteiger partial charge in [0.2, 0.25) is 0 Å². The fourth-order valence-corrected chi connectivity index (χ4v) is 4.04. The number of aliphatic hydroxyl groups is 1. The Labute approximate surface area is 177 Å². The first-order chi connectivity index (χ1) is 13.9. The van der Waals surface area contributed by atoms with Crippen LogP contribution in [-0.4, -0.2) is 70.1 Å². The minimum atomic E-state index is -0.766. The Morgan fingerprint density at radius 3 is 2.20 bits per heavy atom. The molecule has 0 aliphatic carbocycles. The summed E-state index contributed by atoms with van der Waals surface area (Å²) >= 11 is 0. The van der Waals surface area contributed by atoms with Crippen LogP contribution in [0.4, 0.5) is 0 Å². The molecule has 3 aliphatic heterocycles. The van der Waals surface area contributed by atoms with Gasteiger partial charge in [0.05, 0.1) is 36.9 Å². The second-order valence-electron chi connectivity index (χ2n) is 9.46. The van der Waals surface area contributed by atoms with Gasteiger partial charge in [-0.15, -0.1) is 0 Å². The third-order valence-electron chi connectivity index (χ3n) is 5.42. The molecule has 0 spiro atoms. The van der Waals surface area contributed by atoms with Gasteiger partial charge in [-0.05, 0) is 41.5 Å². The molecule has 1 N–H and O–H groups in total. The number of ether oxygens (including phenoxy) is 6. The molecule has 3 aliphatic rings. The number of hydrogen-bond donors (Lipinski definition) is 1. The van der Waals surface area contributed by atoms with Crippen molar-refractivity contribution >= 4 is 0 Å². The van der Waals surface area contributed by atoms with Crippen molar-refractivity contribution < 1.29 is 33.5 Å². The Morgan fingerprint density at radius 1 is 0.867 bits per heavy atom. The molecule has 0 radical (unpaired) electrons. The zero-order valence-electron chi connectivity index (χ0n) is 18.5. The van der Waals surface area contributed by atoms with Crippen LogP contribution in [0, 0.1) is 0 Å². The SMILES string of the molecule is CC1(C)OCC(O)C(Cc2cnc(C3OC(C)(C)OC3C3COC(C)(C)O3)cn2)O1. The third kappa shape index (κ3) is 4.83. The van der Waals surface area contributed by atoms with E-state index in [-0.39, 0.29) is 18.8 Å². The van der Waals surface area contributed by atoms with Crippen LogP contribution in [0.1, 0.15) is 59.0 Å². The molecule has 4 rings (SSSR count). The molecule has 0 aromatic carbocycles. The van der Waals surface area contributed by atoms with E-state index in [2.05, 4.69) is 9.97 Å². The van der Waals surface area contributed by atoms with Crippen molar-refractivity contribution in [2.75, 3.05) is 13.2 Å². The van der Waals surface area contributed by atoms with Crippen molar-refractivity contribution in [3.63, 3.8) is 0 Å². The molecule has 9 heteroatoms. The van der Waals surface area contributed by atoms with E-state index >= 15 is 0 Å². The summed E-state index contributed by atoms with van der Waals surface area (Å²) in [7, 11) is 0. The Morgan fingerprint density at radius 2 is 1.57 bits per heavy atom. The van der Waals surface area contributed by atoms with Gasteiger partial charge in [0.15, 0.2) is 17.4 Å². The van der Waals surface area contributed by atoms with E-state index in [1.54, 1.807) is 12.4 Å². The van der Waals surface area contributed by atoms with E-state index in [1.165, 1.54) is 0 Å². The zero-order valence-corrected chi connectivity index (χ0v) is 18.5. The van der Waals surface area contributed by atoms with E-state index in [0.717, 1.165) is 5.69 Å². The monoisotopic (exact) mass is 424 g/mol. The summed E-state index contributed by atoms with van der Waals surface area (Å²) in [6.07, 6.45) is 1.66. The van der Waals surface area contributed by atoms with Crippen LogP contribution in [0.5, 0.6) is 0 Å². The predicted molar refractivity (Wildman–Crippen MR) is 104 cm³/mol. The molecule has 9 nitrogen and oxygen atoms in total. The van der Waals surface area contributed by atoms with Crippen LogP contribution >= 0.6 is 0 Å². The van der Waals surface area contributed by atoms with Crippen molar-refractivity contribution in [3.8, 4) is 0 Å². The van der Waals surface area contributed by atoms with Crippen molar-refractivity contribution in [1.82, 2.24) is 9.97 Å². The fraction of sp³-hybridized carbons (Fsp3) is 0.810. The van der Waals surface area contributed by atoms with Gasteiger partial charge in [-0.1, -0.05) is 0 Å². The summed E-state index contributed by atoms with van der Waals surface area (Å²) in [5, 5.41) is 10.2. The number of aliphatic hydroxyl groups excluding tert-OH is 1. The first-order valence-corrected chi connectivity index (χ1v) is 10.4. The Bertz CT molecular complexity index is 752. The lowest BCUT2D eigenvalue weighted by Crippen LogP contribution is -2.49. The highest BCUT2D eigenvalue weighted by molar-refractivity contribution is 5.11. The van der Waals surface area contributed by atoms with Crippen LogP contribution in [0.3, 0.4) is 0 Å². The van der Waals surface area contributed by atoms with Crippen molar-refractivity contribution in [3.05, 3.63) is 23.8 Å². The summed E-state index contributed by atoms with van der Waals surface area (Å²) in [4.78, 5) is 9.11. The minimum absolute atomic E-state index is 0.229. The number of hydrogen-bond acceptors (Lipinski definition) is 9. The van der Waals surface area contributed by atoms with E-state index in [9.17, 15) is 5.11 Å². The second-order valence-corrected chi connectivity index (χ2v) is 9.46. The molecule has 1 aromatic rings. The molecular weight excluding hydrogens is 392 g/mol. The molecule has 0 amide bonds. The highest BCUT2D eigenvalue weighted by atomic mass is 16.8. The van der Waals surface area contributed by atoms with Gasteiger partial charge in [-0.3, -0.25) is 9.97 Å². The largest absolute Gasteiger partial charge is 0.388 e. The third-order valence-corrected chi connectivity index (χ3v) is 5.42. The van der Waals surface area contributed by atoms with Gasteiger partial charge in [0, 0.05) is 12.6 Å². The summed E-state index contributed by atoms with van der Waals surface area (Å²) < 4.78 is 35.3. The van der Waals surface area contributed by atoms with Crippen LogP contribution in [-0.2, 0) is 34.8 Å². The molecule has 4 heterocycles. The summed E-state index contributed by atoms with van der Waals surface area (Å²) in [6.45, 7) is 11.8. The Balaban J connectivity index is 1.47. The molecule has 5 atom stereocenters. The maximum Gasteiger partial charge on any atom is 0.164 e. The van der Waals surface area contributed by atoms with E-state index in [4.69, 9.17) is 28.4 Å². The van der Waals surface area contributed by atoms with Gasteiger partial charge >= 0.3 is 0 Å². The average molecular weight is 424 g/mol. The molecule has 0 saturated carbocycles. The average Bonchev–Trinajstić information content (AvgIpc) is 3.17. The molecule has 0 bridgehead atoms. The first-order valence-electron chi connectivity index (χ1n) is 10.4. The van der Waals surface area contributed by atoms with Gasteiger partial charge < -0.3 is 33.5 Å². The van der Waals surface area contributed by atoms with Crippen molar-refractivity contribution in [2.45, 2.75) is 95.8 Å². The van der Waals surface area contributed by atoms with Crippen molar-refractivity contribution in [1.29, 1.82) is 0 Å². The van der Waals surface area contributed by atoms with Crippen LogP contribution in [0.15, 0.2) is 12.4 Å². The molecule has 3 saturated heterocycles. The summed E-state index contributed by atoms with van der Waals surface area (Å²) in [5.41, 5.74) is 1.38. The molecule has 30 heavy (non-hydrogen) atoms. The zero-order chi connectivity index (χ0) is 21.7. The maximum atomic E-state index is 10.2. The Hall–Kier alpha value is -1.20. The highest BCUT2D eigenvalue weighted by Crippen LogP contribution is 2.42. The number of aromatic nitrogens is 2. The maximum absolute atomic E-state index is 10.2. The first kappa shape index (κ1) is 22.0. The van der Waals surface area contributed by atoms with Crippen LogP contribution in [0.25, 0.3) is 0 Å². The number of nitrogens with zero attached hydrogens (tertiary/aromatic N) is 2. The van der Waals surface area contributed by atoms with E-state index in [1.807, 2.05) is 41.5 Å². The molecule has 1 aromatic heterocycles. The van der Waals surface area contributed by atoms with E-state index < -0.39 is 35.7 Å². The Kier molecular flexibility index (Phi) is 5.68. The molecule has 3 fully saturated rings. The molecule has 168 valence electrons. The van der Waals surface area contributed by atoms with Crippen LogP contribution < -0.4 is 0 Å². The van der Waals surface area contributed by atoms with Crippen molar-refractivity contribution in [2.24, 2.45) is 0 Å². The molecular formula is C21H32N2O7. The smallest absolute Gasteiger partial charge is 0.164 e. The van der Waals surface area contributed by atoms with E-state index in [0.29, 0.717) is 18.7 Å². The normalized spacial score (nSPS) is 37.4. The summed E-state index contributed by atoms with van der Waals surface area (Å²) in [6, 6.07) is 0.